The Kier molecular flexibility index (Phi) is 16.2. The minimum Gasteiger partial charge on any atom is -0.761 e. The molecule has 0 heterocycles. The zero-order valence-corrected chi connectivity index (χ0v) is 23.8. The van der Waals surface area contributed by atoms with Crippen LogP contribution in [0.1, 0.15) is 52.7 Å². The first kappa shape index (κ1) is 33.4. The molecule has 0 amide bonds. The van der Waals surface area contributed by atoms with Crippen LogP contribution in [0.4, 0.5) is 0 Å². The molecule has 2 aromatic rings. The van der Waals surface area contributed by atoms with Gasteiger partial charge >= 0.3 is 0 Å². The van der Waals surface area contributed by atoms with Crippen molar-refractivity contribution < 1.29 is 30.7 Å². The van der Waals surface area contributed by atoms with Gasteiger partial charge in [-0.25, -0.2) is 8.42 Å². The van der Waals surface area contributed by atoms with Crippen LogP contribution in [0, 0.1) is 0 Å². The summed E-state index contributed by atoms with van der Waals surface area (Å²) in [4.78, 5) is 0. The number of benzene rings is 2. The molecule has 0 spiro atoms. The highest BCUT2D eigenvalue weighted by Gasteiger charge is 2.21. The van der Waals surface area contributed by atoms with Crippen LogP contribution in [0.5, 0.6) is 0 Å². The van der Waals surface area contributed by atoms with E-state index in [0.29, 0.717) is 0 Å². The SMILES string of the molecule is CC[N+](CC)(CC)Cc1ccccc1.CC[N+](CC)(CC)Cc1ccccc1.O=S([O-])S(=O)(=O)[O-]. The minimum absolute atomic E-state index is 1.17. The topological polar surface area (TPSA) is 97.3 Å². The first-order valence-corrected chi connectivity index (χ1v) is 15.3. The van der Waals surface area contributed by atoms with Crippen molar-refractivity contribution in [1.82, 2.24) is 0 Å². The summed E-state index contributed by atoms with van der Waals surface area (Å²) >= 11 is 0. The van der Waals surface area contributed by atoms with Crippen molar-refractivity contribution >= 4 is 19.3 Å². The second-order valence-corrected chi connectivity index (χ2v) is 11.7. The van der Waals surface area contributed by atoms with Gasteiger partial charge in [0.2, 0.25) is 0 Å². The van der Waals surface area contributed by atoms with Crippen molar-refractivity contribution in [3.8, 4) is 0 Å². The third-order valence-corrected chi connectivity index (χ3v) is 8.25. The van der Waals surface area contributed by atoms with Gasteiger partial charge in [-0.3, -0.25) is 4.21 Å². The highest BCUT2D eigenvalue weighted by Crippen LogP contribution is 2.14. The Balaban J connectivity index is 0.000000526. The molecule has 2 aromatic carbocycles. The van der Waals surface area contributed by atoms with E-state index in [1.807, 2.05) is 0 Å². The summed E-state index contributed by atoms with van der Waals surface area (Å²) in [6.07, 6.45) is 0. The Morgan fingerprint density at radius 2 is 0.857 bits per heavy atom. The molecule has 2 rings (SSSR count). The second-order valence-electron chi connectivity index (χ2n) is 8.48. The lowest BCUT2D eigenvalue weighted by Gasteiger charge is -2.35. The summed E-state index contributed by atoms with van der Waals surface area (Å²) in [6, 6.07) is 21.6. The molecule has 1 atom stereocenters. The van der Waals surface area contributed by atoms with E-state index in [9.17, 15) is 0 Å². The molecule has 0 saturated carbocycles. The molecular formula is C26H44N2O5S2. The van der Waals surface area contributed by atoms with Crippen molar-refractivity contribution in [3.05, 3.63) is 71.8 Å². The molecule has 0 bridgehead atoms. The molecule has 9 heteroatoms. The van der Waals surface area contributed by atoms with Gasteiger partial charge in [0.05, 0.1) is 49.4 Å². The van der Waals surface area contributed by atoms with Crippen molar-refractivity contribution in [1.29, 1.82) is 0 Å². The van der Waals surface area contributed by atoms with Crippen LogP contribution < -0.4 is 0 Å². The third kappa shape index (κ3) is 12.8. The van der Waals surface area contributed by atoms with Gasteiger partial charge in [-0.2, -0.15) is 0 Å². The fourth-order valence-corrected chi connectivity index (χ4v) is 3.95. The van der Waals surface area contributed by atoms with E-state index in [4.69, 9.17) is 21.7 Å². The average molecular weight is 529 g/mol. The number of hydrogen-bond acceptors (Lipinski definition) is 5. The maximum absolute atomic E-state index is 9.16. The average Bonchev–Trinajstić information content (AvgIpc) is 2.87. The van der Waals surface area contributed by atoms with Gasteiger partial charge in [0, 0.05) is 11.1 Å². The fraction of sp³-hybridized carbons (Fsp3) is 0.538. The summed E-state index contributed by atoms with van der Waals surface area (Å²) in [5, 5.41) is 0. The summed E-state index contributed by atoms with van der Waals surface area (Å²) in [5.74, 6) is 0. The number of nitrogens with zero attached hydrogens (tertiary/aromatic N) is 2. The standard InChI is InChI=1S/2C13H22N.H2O5S2/c2*1-4-14(5-2,6-3)12-13-10-8-7-9-11-13;1-6(2)7(3,4)5/h2*7-11H,4-6,12H2,1-3H3;(H,1,2)(H,3,4,5)/q2*+1;/p-2. The summed E-state index contributed by atoms with van der Waals surface area (Å²) in [7, 11) is -8.59. The van der Waals surface area contributed by atoms with Gasteiger partial charge in [-0.15, -0.1) is 0 Å². The zero-order valence-electron chi connectivity index (χ0n) is 22.2. The molecule has 1 unspecified atom stereocenters. The van der Waals surface area contributed by atoms with Crippen LogP contribution in [-0.4, -0.2) is 70.0 Å². The minimum atomic E-state index is -5.07. The van der Waals surface area contributed by atoms with Crippen molar-refractivity contribution in [2.75, 3.05) is 39.3 Å². The van der Waals surface area contributed by atoms with Crippen molar-refractivity contribution in [3.63, 3.8) is 0 Å². The molecule has 0 saturated heterocycles. The van der Waals surface area contributed by atoms with Crippen LogP contribution >= 0.6 is 0 Å². The molecule has 200 valence electrons. The first-order valence-electron chi connectivity index (χ1n) is 12.3. The summed E-state index contributed by atoms with van der Waals surface area (Å²) < 4.78 is 48.1. The number of rotatable bonds is 11. The van der Waals surface area contributed by atoms with E-state index in [2.05, 4.69) is 102 Å². The Morgan fingerprint density at radius 1 is 0.629 bits per heavy atom. The lowest BCUT2D eigenvalue weighted by molar-refractivity contribution is -0.936. The van der Waals surface area contributed by atoms with Crippen LogP contribution in [0.3, 0.4) is 0 Å². The summed E-state index contributed by atoms with van der Waals surface area (Å²) in [6.45, 7) is 23.4. The first-order chi connectivity index (χ1) is 16.5. The molecule has 0 aromatic heterocycles. The number of quaternary nitrogens is 2. The molecular weight excluding hydrogens is 484 g/mol. The quantitative estimate of drug-likeness (QED) is 0.186. The van der Waals surface area contributed by atoms with E-state index < -0.39 is 19.3 Å². The van der Waals surface area contributed by atoms with E-state index >= 15 is 0 Å². The molecule has 0 N–H and O–H groups in total. The Morgan fingerprint density at radius 3 is 1.03 bits per heavy atom. The monoisotopic (exact) mass is 528 g/mol. The van der Waals surface area contributed by atoms with Gasteiger partial charge in [0.25, 0.3) is 0 Å². The molecule has 0 aliphatic carbocycles. The lowest BCUT2D eigenvalue weighted by atomic mass is 10.2. The van der Waals surface area contributed by atoms with Crippen molar-refractivity contribution in [2.45, 2.75) is 54.6 Å². The highest BCUT2D eigenvalue weighted by molar-refractivity contribution is 8.59. The Hall–Kier alpha value is -1.62. The number of hydrogen-bond donors (Lipinski definition) is 0. The normalized spacial score (nSPS) is 12.6. The zero-order chi connectivity index (χ0) is 27.0. The maximum atomic E-state index is 9.16. The van der Waals surface area contributed by atoms with E-state index in [0.717, 1.165) is 0 Å². The van der Waals surface area contributed by atoms with E-state index in [1.165, 1.54) is 72.5 Å². The molecule has 0 aliphatic heterocycles. The predicted octanol–water partition coefficient (Wildman–Crippen LogP) is 4.45. The smallest absolute Gasteiger partial charge is 0.165 e. The highest BCUT2D eigenvalue weighted by atomic mass is 33.2. The van der Waals surface area contributed by atoms with Gasteiger partial charge < -0.3 is 18.1 Å². The predicted molar refractivity (Wildman–Crippen MR) is 143 cm³/mol. The van der Waals surface area contributed by atoms with E-state index in [1.54, 1.807) is 0 Å². The largest absolute Gasteiger partial charge is 0.761 e. The summed E-state index contributed by atoms with van der Waals surface area (Å²) in [5.41, 5.74) is 2.91. The Labute approximate surface area is 215 Å². The van der Waals surface area contributed by atoms with Crippen LogP contribution in [0.15, 0.2) is 60.7 Å². The van der Waals surface area contributed by atoms with Crippen LogP contribution in [0.2, 0.25) is 0 Å². The molecule has 35 heavy (non-hydrogen) atoms. The molecule has 0 radical (unpaired) electrons. The third-order valence-electron chi connectivity index (χ3n) is 6.91. The van der Waals surface area contributed by atoms with Gasteiger partial charge in [0.15, 0.2) is 9.15 Å². The van der Waals surface area contributed by atoms with Crippen molar-refractivity contribution in [2.24, 2.45) is 0 Å². The molecule has 7 nitrogen and oxygen atoms in total. The molecule has 0 fully saturated rings. The van der Waals surface area contributed by atoms with E-state index in [-0.39, 0.29) is 0 Å². The second kappa shape index (κ2) is 16.9. The fourth-order valence-electron chi connectivity index (χ4n) is 3.95. The van der Waals surface area contributed by atoms with Crippen LogP contribution in [-0.2, 0) is 32.4 Å². The van der Waals surface area contributed by atoms with Crippen LogP contribution in [0.25, 0.3) is 0 Å². The maximum Gasteiger partial charge on any atom is 0.165 e. The lowest BCUT2D eigenvalue weighted by Crippen LogP contribution is -2.46. The van der Waals surface area contributed by atoms with Gasteiger partial charge in [-0.1, -0.05) is 60.7 Å². The van der Waals surface area contributed by atoms with Gasteiger partial charge in [0.1, 0.15) is 13.1 Å². The Bertz CT molecular complexity index is 857. The molecule has 0 aliphatic rings. The van der Waals surface area contributed by atoms with Gasteiger partial charge in [-0.05, 0) is 41.5 Å².